The van der Waals surface area contributed by atoms with Crippen LogP contribution in [0.1, 0.15) is 32.3 Å². The van der Waals surface area contributed by atoms with Crippen molar-refractivity contribution in [1.29, 1.82) is 0 Å². The lowest BCUT2D eigenvalue weighted by molar-refractivity contribution is 0.479. The zero-order valence-corrected chi connectivity index (χ0v) is 13.7. The first kappa shape index (κ1) is 16.6. The topological polar surface area (TPSA) is 72.2 Å². The Kier molecular flexibility index (Phi) is 6.46. The average Bonchev–Trinajstić information content (AvgIpc) is 2.40. The molecule has 0 saturated heterocycles. The van der Waals surface area contributed by atoms with E-state index in [1.807, 2.05) is 6.07 Å². The number of nitrogens with two attached hydrogens (primary N) is 1. The van der Waals surface area contributed by atoms with Crippen molar-refractivity contribution in [3.8, 4) is 0 Å². The van der Waals surface area contributed by atoms with Crippen LogP contribution in [0.2, 0.25) is 0 Å². The van der Waals surface area contributed by atoms with Crippen LogP contribution in [0.4, 0.5) is 0 Å². The molecule has 108 valence electrons. The first-order valence-electron chi connectivity index (χ1n) is 6.42. The van der Waals surface area contributed by atoms with E-state index in [1.165, 1.54) is 0 Å². The Balaban J connectivity index is 2.93. The molecule has 0 aromatic heterocycles. The molecule has 0 radical (unpaired) electrons. The molecule has 1 aromatic carbocycles. The SMILES string of the molecule is CCC(CC)CNS(=O)(=O)c1cc(CN)ccc1Br. The summed E-state index contributed by atoms with van der Waals surface area (Å²) in [5.41, 5.74) is 6.34. The van der Waals surface area contributed by atoms with Gasteiger partial charge in [0.2, 0.25) is 10.0 Å². The van der Waals surface area contributed by atoms with E-state index in [2.05, 4.69) is 34.5 Å². The van der Waals surface area contributed by atoms with Crippen LogP contribution in [-0.4, -0.2) is 15.0 Å². The van der Waals surface area contributed by atoms with Crippen molar-refractivity contribution in [3.63, 3.8) is 0 Å². The highest BCUT2D eigenvalue weighted by Crippen LogP contribution is 2.23. The first-order chi connectivity index (χ1) is 8.94. The van der Waals surface area contributed by atoms with Gasteiger partial charge in [-0.1, -0.05) is 32.8 Å². The Labute approximate surface area is 124 Å². The summed E-state index contributed by atoms with van der Waals surface area (Å²) in [5, 5.41) is 0. The number of sulfonamides is 1. The predicted molar refractivity (Wildman–Crippen MR) is 81.3 cm³/mol. The van der Waals surface area contributed by atoms with Crippen LogP contribution in [0.25, 0.3) is 0 Å². The smallest absolute Gasteiger partial charge is 0.241 e. The molecule has 0 aliphatic heterocycles. The zero-order valence-electron chi connectivity index (χ0n) is 11.3. The lowest BCUT2D eigenvalue weighted by Crippen LogP contribution is -2.29. The maximum Gasteiger partial charge on any atom is 0.241 e. The summed E-state index contributed by atoms with van der Waals surface area (Å²) in [6.07, 6.45) is 1.92. The highest BCUT2D eigenvalue weighted by Gasteiger charge is 2.19. The van der Waals surface area contributed by atoms with E-state index in [0.29, 0.717) is 23.5 Å². The Morgan fingerprint density at radius 1 is 1.32 bits per heavy atom. The average molecular weight is 349 g/mol. The number of halogens is 1. The minimum atomic E-state index is -3.49. The van der Waals surface area contributed by atoms with Crippen LogP contribution in [-0.2, 0) is 16.6 Å². The third-order valence-corrected chi connectivity index (χ3v) is 5.66. The highest BCUT2D eigenvalue weighted by atomic mass is 79.9. The van der Waals surface area contributed by atoms with Crippen LogP contribution in [0.15, 0.2) is 27.6 Å². The third kappa shape index (κ3) is 4.56. The van der Waals surface area contributed by atoms with Crippen molar-refractivity contribution in [2.75, 3.05) is 6.54 Å². The van der Waals surface area contributed by atoms with Gasteiger partial charge in [0, 0.05) is 17.6 Å². The van der Waals surface area contributed by atoms with Crippen LogP contribution in [0.3, 0.4) is 0 Å². The van der Waals surface area contributed by atoms with Crippen molar-refractivity contribution in [1.82, 2.24) is 4.72 Å². The fourth-order valence-corrected chi connectivity index (χ4v) is 3.89. The van der Waals surface area contributed by atoms with Crippen molar-refractivity contribution < 1.29 is 8.42 Å². The van der Waals surface area contributed by atoms with Crippen LogP contribution in [0.5, 0.6) is 0 Å². The maximum atomic E-state index is 12.3. The molecule has 0 atom stereocenters. The largest absolute Gasteiger partial charge is 0.326 e. The summed E-state index contributed by atoms with van der Waals surface area (Å²) in [5.74, 6) is 0.367. The molecule has 4 nitrogen and oxygen atoms in total. The van der Waals surface area contributed by atoms with Crippen molar-refractivity contribution in [2.24, 2.45) is 11.7 Å². The van der Waals surface area contributed by atoms with E-state index >= 15 is 0 Å². The number of hydrogen-bond donors (Lipinski definition) is 2. The van der Waals surface area contributed by atoms with Crippen molar-refractivity contribution in [3.05, 3.63) is 28.2 Å². The third-order valence-electron chi connectivity index (χ3n) is 3.24. The van der Waals surface area contributed by atoms with Crippen LogP contribution < -0.4 is 10.5 Å². The summed E-state index contributed by atoms with van der Waals surface area (Å²) in [6.45, 7) is 4.91. The monoisotopic (exact) mass is 348 g/mol. The zero-order chi connectivity index (χ0) is 14.5. The van der Waals surface area contributed by atoms with Gasteiger partial charge in [0.1, 0.15) is 0 Å². The standard InChI is InChI=1S/C13H21BrN2O2S/c1-3-10(4-2)9-16-19(17,18)13-7-11(8-15)5-6-12(13)14/h5-7,10,16H,3-4,8-9,15H2,1-2H3. The lowest BCUT2D eigenvalue weighted by Gasteiger charge is -2.14. The van der Waals surface area contributed by atoms with E-state index in [9.17, 15) is 8.42 Å². The summed E-state index contributed by atoms with van der Waals surface area (Å²) >= 11 is 3.28. The van der Waals surface area contributed by atoms with Gasteiger partial charge in [-0.2, -0.15) is 0 Å². The number of hydrogen-bond acceptors (Lipinski definition) is 3. The van der Waals surface area contributed by atoms with Gasteiger partial charge in [0.25, 0.3) is 0 Å². The van der Waals surface area contributed by atoms with Gasteiger partial charge in [0.05, 0.1) is 4.90 Å². The second-order valence-electron chi connectivity index (χ2n) is 4.50. The molecule has 0 heterocycles. The van der Waals surface area contributed by atoms with Crippen molar-refractivity contribution >= 4 is 26.0 Å². The summed E-state index contributed by atoms with van der Waals surface area (Å²) in [6, 6.07) is 5.14. The van der Waals surface area contributed by atoms with Crippen molar-refractivity contribution in [2.45, 2.75) is 38.1 Å². The highest BCUT2D eigenvalue weighted by molar-refractivity contribution is 9.10. The first-order valence-corrected chi connectivity index (χ1v) is 8.70. The number of benzene rings is 1. The van der Waals surface area contributed by atoms with Gasteiger partial charge in [0.15, 0.2) is 0 Å². The molecular formula is C13H21BrN2O2S. The van der Waals surface area contributed by atoms with Crippen LogP contribution >= 0.6 is 15.9 Å². The van der Waals surface area contributed by atoms with Gasteiger partial charge < -0.3 is 5.73 Å². The molecule has 3 N–H and O–H groups in total. The molecule has 6 heteroatoms. The fraction of sp³-hybridized carbons (Fsp3) is 0.538. The molecular weight excluding hydrogens is 328 g/mol. The second-order valence-corrected chi connectivity index (χ2v) is 7.09. The molecule has 0 saturated carbocycles. The molecule has 1 rings (SSSR count). The van der Waals surface area contributed by atoms with Gasteiger partial charge in [-0.25, -0.2) is 13.1 Å². The number of rotatable bonds is 7. The molecule has 0 aliphatic carbocycles. The van der Waals surface area contributed by atoms with Gasteiger partial charge >= 0.3 is 0 Å². The molecule has 0 bridgehead atoms. The van der Waals surface area contributed by atoms with E-state index < -0.39 is 10.0 Å². The molecule has 0 spiro atoms. The van der Waals surface area contributed by atoms with E-state index in [1.54, 1.807) is 12.1 Å². The van der Waals surface area contributed by atoms with Crippen LogP contribution in [0, 0.1) is 5.92 Å². The molecule has 0 aliphatic rings. The Morgan fingerprint density at radius 3 is 2.47 bits per heavy atom. The Bertz CT molecular complexity index is 513. The van der Waals surface area contributed by atoms with Gasteiger partial charge in [-0.05, 0) is 39.5 Å². The molecule has 0 fully saturated rings. The summed E-state index contributed by atoms with van der Waals surface area (Å²) in [7, 11) is -3.49. The van der Waals surface area contributed by atoms with E-state index in [4.69, 9.17) is 5.73 Å². The van der Waals surface area contributed by atoms with E-state index in [-0.39, 0.29) is 4.90 Å². The minimum absolute atomic E-state index is 0.251. The maximum absolute atomic E-state index is 12.3. The number of nitrogens with one attached hydrogen (secondary N) is 1. The predicted octanol–water partition coefficient (Wildman–Crippen LogP) is 2.62. The summed E-state index contributed by atoms with van der Waals surface area (Å²) < 4.78 is 27.8. The molecule has 0 unspecified atom stereocenters. The lowest BCUT2D eigenvalue weighted by atomic mass is 10.0. The Hall–Kier alpha value is -0.430. The fourth-order valence-electron chi connectivity index (χ4n) is 1.76. The normalized spacial score (nSPS) is 12.1. The Morgan fingerprint density at radius 2 is 1.95 bits per heavy atom. The summed E-state index contributed by atoms with van der Waals surface area (Å²) in [4.78, 5) is 0.251. The van der Waals surface area contributed by atoms with E-state index in [0.717, 1.165) is 18.4 Å². The van der Waals surface area contributed by atoms with Gasteiger partial charge in [-0.3, -0.25) is 0 Å². The van der Waals surface area contributed by atoms with Gasteiger partial charge in [-0.15, -0.1) is 0 Å². The molecule has 1 aromatic rings. The molecule has 0 amide bonds. The molecule has 19 heavy (non-hydrogen) atoms. The second kappa shape index (κ2) is 7.38. The quantitative estimate of drug-likeness (QED) is 0.795. The minimum Gasteiger partial charge on any atom is -0.326 e.